The summed E-state index contributed by atoms with van der Waals surface area (Å²) >= 11 is 0. The Kier molecular flexibility index (Phi) is 1.50. The highest BCUT2D eigenvalue weighted by Gasteiger charge is 2.29. The number of nitrogens with zero attached hydrogens (tertiary/aromatic N) is 3. The van der Waals surface area contributed by atoms with Gasteiger partial charge in [0.2, 0.25) is 0 Å². The SMILES string of the molecule is Cn1ccc(-c2c[nH]nc2C2CC2)n1. The number of aromatic amines is 1. The number of aryl methyl sites for hydroxylation is 1. The topological polar surface area (TPSA) is 46.5 Å². The van der Waals surface area contributed by atoms with Crippen LogP contribution in [-0.2, 0) is 7.05 Å². The fourth-order valence-corrected chi connectivity index (χ4v) is 1.73. The van der Waals surface area contributed by atoms with Crippen molar-refractivity contribution >= 4 is 0 Å². The number of rotatable bonds is 2. The molecule has 0 aromatic carbocycles. The Morgan fingerprint density at radius 1 is 1.50 bits per heavy atom. The van der Waals surface area contributed by atoms with E-state index in [4.69, 9.17) is 0 Å². The van der Waals surface area contributed by atoms with Crippen LogP contribution in [0.3, 0.4) is 0 Å². The molecule has 2 aromatic rings. The van der Waals surface area contributed by atoms with Gasteiger partial charge in [-0.25, -0.2) is 0 Å². The minimum absolute atomic E-state index is 0.665. The van der Waals surface area contributed by atoms with Gasteiger partial charge in [-0.05, 0) is 18.9 Å². The second-order valence-electron chi connectivity index (χ2n) is 3.83. The van der Waals surface area contributed by atoms with Crippen molar-refractivity contribution in [1.29, 1.82) is 0 Å². The summed E-state index contributed by atoms with van der Waals surface area (Å²) in [5.74, 6) is 0.665. The maximum absolute atomic E-state index is 4.38. The van der Waals surface area contributed by atoms with Gasteiger partial charge in [-0.1, -0.05) is 0 Å². The summed E-state index contributed by atoms with van der Waals surface area (Å²) < 4.78 is 1.82. The van der Waals surface area contributed by atoms with Gasteiger partial charge in [0.05, 0.1) is 11.4 Å². The third kappa shape index (κ3) is 1.14. The first-order chi connectivity index (χ1) is 6.84. The van der Waals surface area contributed by atoms with Gasteiger partial charge in [0.25, 0.3) is 0 Å². The molecule has 14 heavy (non-hydrogen) atoms. The molecule has 1 saturated carbocycles. The molecule has 1 N–H and O–H groups in total. The van der Waals surface area contributed by atoms with E-state index in [1.807, 2.05) is 30.2 Å². The molecule has 1 aliphatic rings. The highest BCUT2D eigenvalue weighted by atomic mass is 15.2. The van der Waals surface area contributed by atoms with Crippen molar-refractivity contribution in [3.8, 4) is 11.3 Å². The number of H-pyrrole nitrogens is 1. The predicted octanol–water partition coefficient (Wildman–Crippen LogP) is 1.69. The Labute approximate surface area is 81.9 Å². The Morgan fingerprint density at radius 3 is 3.00 bits per heavy atom. The first kappa shape index (κ1) is 7.79. The lowest BCUT2D eigenvalue weighted by molar-refractivity contribution is 0.770. The van der Waals surface area contributed by atoms with Crippen LogP contribution in [-0.4, -0.2) is 20.0 Å². The van der Waals surface area contributed by atoms with Crippen LogP contribution in [0.15, 0.2) is 18.5 Å². The van der Waals surface area contributed by atoms with Crippen molar-refractivity contribution in [2.75, 3.05) is 0 Å². The van der Waals surface area contributed by atoms with Crippen molar-refractivity contribution in [3.63, 3.8) is 0 Å². The first-order valence-corrected chi connectivity index (χ1v) is 4.88. The summed E-state index contributed by atoms with van der Waals surface area (Å²) in [6.45, 7) is 0. The number of nitrogens with one attached hydrogen (secondary N) is 1. The lowest BCUT2D eigenvalue weighted by Crippen LogP contribution is -1.89. The van der Waals surface area contributed by atoms with Crippen LogP contribution in [0.2, 0.25) is 0 Å². The Balaban J connectivity index is 2.06. The van der Waals surface area contributed by atoms with E-state index in [-0.39, 0.29) is 0 Å². The van der Waals surface area contributed by atoms with Crippen molar-refractivity contribution in [3.05, 3.63) is 24.2 Å². The van der Waals surface area contributed by atoms with Crippen LogP contribution in [0.4, 0.5) is 0 Å². The smallest absolute Gasteiger partial charge is 0.0957 e. The van der Waals surface area contributed by atoms with Crippen molar-refractivity contribution in [2.45, 2.75) is 18.8 Å². The molecule has 0 bridgehead atoms. The zero-order valence-electron chi connectivity index (χ0n) is 8.07. The molecular formula is C10H12N4. The quantitative estimate of drug-likeness (QED) is 0.779. The number of aromatic nitrogens is 4. The van der Waals surface area contributed by atoms with E-state index in [0.29, 0.717) is 5.92 Å². The summed E-state index contributed by atoms with van der Waals surface area (Å²) in [4.78, 5) is 0. The average Bonchev–Trinajstić information content (AvgIpc) is 2.75. The van der Waals surface area contributed by atoms with Crippen molar-refractivity contribution < 1.29 is 0 Å². The Morgan fingerprint density at radius 2 is 2.36 bits per heavy atom. The van der Waals surface area contributed by atoms with Crippen molar-refractivity contribution in [1.82, 2.24) is 20.0 Å². The summed E-state index contributed by atoms with van der Waals surface area (Å²) in [6.07, 6.45) is 6.43. The molecule has 3 rings (SSSR count). The highest BCUT2D eigenvalue weighted by Crippen LogP contribution is 2.42. The van der Waals surface area contributed by atoms with Gasteiger partial charge in [0.1, 0.15) is 0 Å². The third-order valence-corrected chi connectivity index (χ3v) is 2.62. The number of hydrogen-bond acceptors (Lipinski definition) is 2. The molecule has 0 atom stereocenters. The zero-order valence-corrected chi connectivity index (χ0v) is 8.07. The summed E-state index contributed by atoms with van der Waals surface area (Å²) in [6, 6.07) is 2.02. The predicted molar refractivity (Wildman–Crippen MR) is 52.8 cm³/mol. The average molecular weight is 188 g/mol. The number of hydrogen-bond donors (Lipinski definition) is 1. The van der Waals surface area contributed by atoms with Crippen LogP contribution < -0.4 is 0 Å². The molecule has 0 saturated heterocycles. The van der Waals surface area contributed by atoms with Gasteiger partial charge in [-0.15, -0.1) is 0 Å². The van der Waals surface area contributed by atoms with Crippen LogP contribution in [0.25, 0.3) is 11.3 Å². The highest BCUT2D eigenvalue weighted by molar-refractivity contribution is 5.61. The fourth-order valence-electron chi connectivity index (χ4n) is 1.73. The van der Waals surface area contributed by atoms with Gasteiger partial charge in [0, 0.05) is 30.9 Å². The molecule has 4 nitrogen and oxygen atoms in total. The minimum Gasteiger partial charge on any atom is -0.285 e. The largest absolute Gasteiger partial charge is 0.285 e. The standard InChI is InChI=1S/C10H12N4/c1-14-5-4-9(13-14)8-6-11-12-10(8)7-2-3-7/h4-7H,2-3H2,1H3,(H,11,12). The van der Waals surface area contributed by atoms with Crippen LogP contribution in [0.5, 0.6) is 0 Å². The van der Waals surface area contributed by atoms with Gasteiger partial charge in [-0.3, -0.25) is 9.78 Å². The Bertz CT molecular complexity index is 450. The van der Waals surface area contributed by atoms with E-state index < -0.39 is 0 Å². The second kappa shape index (κ2) is 2.70. The lowest BCUT2D eigenvalue weighted by atomic mass is 10.1. The summed E-state index contributed by atoms with van der Waals surface area (Å²) in [7, 11) is 1.93. The molecule has 0 aliphatic heterocycles. The van der Waals surface area contributed by atoms with Gasteiger partial charge in [-0.2, -0.15) is 10.2 Å². The van der Waals surface area contributed by atoms with E-state index in [2.05, 4.69) is 15.3 Å². The monoisotopic (exact) mass is 188 g/mol. The molecule has 2 heterocycles. The molecule has 2 aromatic heterocycles. The first-order valence-electron chi connectivity index (χ1n) is 4.88. The lowest BCUT2D eigenvalue weighted by Gasteiger charge is -1.95. The van der Waals surface area contributed by atoms with E-state index in [1.54, 1.807) is 0 Å². The van der Waals surface area contributed by atoms with E-state index in [1.165, 1.54) is 18.5 Å². The molecule has 1 aliphatic carbocycles. The van der Waals surface area contributed by atoms with Crippen molar-refractivity contribution in [2.24, 2.45) is 7.05 Å². The van der Waals surface area contributed by atoms with Gasteiger partial charge < -0.3 is 0 Å². The molecule has 72 valence electrons. The Hall–Kier alpha value is -1.58. The maximum atomic E-state index is 4.38. The third-order valence-electron chi connectivity index (χ3n) is 2.62. The van der Waals surface area contributed by atoms with E-state index in [9.17, 15) is 0 Å². The van der Waals surface area contributed by atoms with E-state index >= 15 is 0 Å². The molecular weight excluding hydrogens is 176 g/mol. The van der Waals surface area contributed by atoms with Gasteiger partial charge >= 0.3 is 0 Å². The van der Waals surface area contributed by atoms with Gasteiger partial charge in [0.15, 0.2) is 0 Å². The minimum atomic E-state index is 0.665. The maximum Gasteiger partial charge on any atom is 0.0957 e. The summed E-state index contributed by atoms with van der Waals surface area (Å²) in [5.41, 5.74) is 3.36. The molecule has 0 spiro atoms. The molecule has 4 heteroatoms. The van der Waals surface area contributed by atoms with E-state index in [0.717, 1.165) is 11.3 Å². The van der Waals surface area contributed by atoms with Crippen LogP contribution >= 0.6 is 0 Å². The molecule has 0 unspecified atom stereocenters. The molecule has 1 fully saturated rings. The fraction of sp³-hybridized carbons (Fsp3) is 0.400. The molecule has 0 amide bonds. The van der Waals surface area contributed by atoms with Crippen LogP contribution in [0.1, 0.15) is 24.5 Å². The molecule has 0 radical (unpaired) electrons. The van der Waals surface area contributed by atoms with Crippen LogP contribution in [0, 0.1) is 0 Å². The second-order valence-corrected chi connectivity index (χ2v) is 3.83. The normalized spacial score (nSPS) is 16.1. The zero-order chi connectivity index (χ0) is 9.54. The summed E-state index contributed by atoms with van der Waals surface area (Å²) in [5, 5.41) is 11.6.